The van der Waals surface area contributed by atoms with Crippen molar-refractivity contribution in [3.8, 4) is 0 Å². The number of sulfonamides is 1. The van der Waals surface area contributed by atoms with Gasteiger partial charge in [-0.05, 0) is 49.6 Å². The van der Waals surface area contributed by atoms with Crippen LogP contribution in [-0.4, -0.2) is 8.42 Å². The van der Waals surface area contributed by atoms with Gasteiger partial charge in [0.15, 0.2) is 0 Å². The number of halogens is 1. The molecule has 1 atom stereocenters. The molecular formula is C17H20BrNO2S. The summed E-state index contributed by atoms with van der Waals surface area (Å²) in [5.41, 5.74) is 3.99. The number of nitrogens with one attached hydrogen (secondary N) is 1. The van der Waals surface area contributed by atoms with Gasteiger partial charge in [-0.25, -0.2) is 13.1 Å². The predicted octanol–water partition coefficient (Wildman–Crippen LogP) is 4.25. The van der Waals surface area contributed by atoms with Gasteiger partial charge < -0.3 is 0 Å². The molecule has 0 aliphatic carbocycles. The van der Waals surface area contributed by atoms with E-state index in [1.807, 2.05) is 63.2 Å². The maximum atomic E-state index is 12.3. The molecule has 0 aromatic heterocycles. The van der Waals surface area contributed by atoms with Crippen LogP contribution < -0.4 is 4.72 Å². The van der Waals surface area contributed by atoms with Gasteiger partial charge in [0.05, 0.1) is 5.75 Å². The molecule has 0 aliphatic rings. The fraction of sp³-hybridized carbons (Fsp3) is 0.294. The molecule has 0 aliphatic heterocycles. The van der Waals surface area contributed by atoms with Gasteiger partial charge in [0, 0.05) is 10.5 Å². The molecule has 2 rings (SSSR count). The van der Waals surface area contributed by atoms with Gasteiger partial charge in [0.1, 0.15) is 0 Å². The van der Waals surface area contributed by atoms with Crippen molar-refractivity contribution in [1.82, 2.24) is 4.72 Å². The number of rotatable bonds is 5. The van der Waals surface area contributed by atoms with Crippen LogP contribution in [0.4, 0.5) is 0 Å². The van der Waals surface area contributed by atoms with Crippen LogP contribution in [0.25, 0.3) is 0 Å². The van der Waals surface area contributed by atoms with E-state index < -0.39 is 10.0 Å². The van der Waals surface area contributed by atoms with Gasteiger partial charge >= 0.3 is 0 Å². The summed E-state index contributed by atoms with van der Waals surface area (Å²) in [7, 11) is -3.39. The molecule has 0 saturated heterocycles. The first-order valence-electron chi connectivity index (χ1n) is 7.08. The van der Waals surface area contributed by atoms with Crippen LogP contribution >= 0.6 is 15.9 Å². The first kappa shape index (κ1) is 17.2. The second-order valence-electron chi connectivity index (χ2n) is 5.59. The average molecular weight is 382 g/mol. The zero-order valence-electron chi connectivity index (χ0n) is 12.9. The van der Waals surface area contributed by atoms with Crippen LogP contribution in [0.3, 0.4) is 0 Å². The van der Waals surface area contributed by atoms with Crippen LogP contribution in [0.15, 0.2) is 46.9 Å². The fourth-order valence-electron chi connectivity index (χ4n) is 2.40. The van der Waals surface area contributed by atoms with Crippen LogP contribution in [0.1, 0.15) is 35.2 Å². The third kappa shape index (κ3) is 4.66. The van der Waals surface area contributed by atoms with Crippen molar-refractivity contribution >= 4 is 26.0 Å². The Bertz CT molecular complexity index is 755. The van der Waals surface area contributed by atoms with E-state index in [0.717, 1.165) is 26.7 Å². The molecule has 0 saturated carbocycles. The molecule has 2 aromatic carbocycles. The largest absolute Gasteiger partial charge is 0.216 e. The third-order valence-corrected chi connectivity index (χ3v) is 5.48. The van der Waals surface area contributed by atoms with Crippen molar-refractivity contribution in [3.05, 3.63) is 69.2 Å². The molecule has 3 nitrogen and oxygen atoms in total. The molecule has 5 heteroatoms. The minimum atomic E-state index is -3.39. The van der Waals surface area contributed by atoms with E-state index in [1.165, 1.54) is 0 Å². The molecule has 0 spiro atoms. The first-order chi connectivity index (χ1) is 10.3. The van der Waals surface area contributed by atoms with Gasteiger partial charge in [-0.1, -0.05) is 51.8 Å². The molecule has 0 radical (unpaired) electrons. The Labute approximate surface area is 140 Å². The number of aryl methyl sites for hydroxylation is 2. The molecule has 0 bridgehead atoms. The monoisotopic (exact) mass is 381 g/mol. The smallest absolute Gasteiger partial charge is 0.212 e. The minimum Gasteiger partial charge on any atom is -0.212 e. The third-order valence-electron chi connectivity index (χ3n) is 3.53. The Kier molecular flexibility index (Phi) is 5.42. The lowest BCUT2D eigenvalue weighted by Gasteiger charge is -2.17. The summed E-state index contributed by atoms with van der Waals surface area (Å²) in [6.45, 7) is 5.88. The Morgan fingerprint density at radius 1 is 1.09 bits per heavy atom. The zero-order valence-corrected chi connectivity index (χ0v) is 15.3. The van der Waals surface area contributed by atoms with E-state index in [1.54, 1.807) is 0 Å². The van der Waals surface area contributed by atoms with Gasteiger partial charge in [0.2, 0.25) is 10.0 Å². The Morgan fingerprint density at radius 3 is 2.36 bits per heavy atom. The van der Waals surface area contributed by atoms with E-state index in [9.17, 15) is 8.42 Å². The highest BCUT2D eigenvalue weighted by Gasteiger charge is 2.17. The lowest BCUT2D eigenvalue weighted by atomic mass is 10.0. The van der Waals surface area contributed by atoms with Crippen LogP contribution in [0, 0.1) is 13.8 Å². The average Bonchev–Trinajstić information content (AvgIpc) is 2.43. The van der Waals surface area contributed by atoms with Crippen molar-refractivity contribution in [2.75, 3.05) is 0 Å². The number of benzene rings is 2. The van der Waals surface area contributed by atoms with Crippen molar-refractivity contribution < 1.29 is 8.42 Å². The summed E-state index contributed by atoms with van der Waals surface area (Å²) in [4.78, 5) is 0. The minimum absolute atomic E-state index is 0.0184. The Balaban J connectivity index is 2.14. The first-order valence-corrected chi connectivity index (χ1v) is 9.53. The summed E-state index contributed by atoms with van der Waals surface area (Å²) < 4.78 is 28.4. The maximum Gasteiger partial charge on any atom is 0.216 e. The van der Waals surface area contributed by atoms with Crippen molar-refractivity contribution in [1.29, 1.82) is 0 Å². The molecule has 118 valence electrons. The van der Waals surface area contributed by atoms with Crippen LogP contribution in [0.2, 0.25) is 0 Å². The standard InChI is InChI=1S/C17H20BrNO2S/c1-12-4-5-13(2)17(10-12)14(3)19-22(20,21)11-15-6-8-16(18)9-7-15/h4-10,14,19H,11H2,1-3H3. The quantitative estimate of drug-likeness (QED) is 0.841. The second kappa shape index (κ2) is 6.94. The zero-order chi connectivity index (χ0) is 16.3. The maximum absolute atomic E-state index is 12.3. The number of hydrogen-bond acceptors (Lipinski definition) is 2. The predicted molar refractivity (Wildman–Crippen MR) is 94.2 cm³/mol. The van der Waals surface area contributed by atoms with Gasteiger partial charge in [-0.2, -0.15) is 0 Å². The second-order valence-corrected chi connectivity index (χ2v) is 8.25. The highest BCUT2D eigenvalue weighted by atomic mass is 79.9. The molecule has 1 N–H and O–H groups in total. The van der Waals surface area contributed by atoms with E-state index in [2.05, 4.69) is 20.7 Å². The molecule has 22 heavy (non-hydrogen) atoms. The van der Waals surface area contributed by atoms with Crippen molar-refractivity contribution in [3.63, 3.8) is 0 Å². The number of hydrogen-bond donors (Lipinski definition) is 1. The van der Waals surface area contributed by atoms with Crippen LogP contribution in [-0.2, 0) is 15.8 Å². The van der Waals surface area contributed by atoms with E-state index >= 15 is 0 Å². The van der Waals surface area contributed by atoms with Crippen LogP contribution in [0.5, 0.6) is 0 Å². The van der Waals surface area contributed by atoms with E-state index in [4.69, 9.17) is 0 Å². The lowest BCUT2D eigenvalue weighted by molar-refractivity contribution is 0.565. The van der Waals surface area contributed by atoms with Crippen molar-refractivity contribution in [2.45, 2.75) is 32.6 Å². The SMILES string of the molecule is Cc1ccc(C)c(C(C)NS(=O)(=O)Cc2ccc(Br)cc2)c1. The lowest BCUT2D eigenvalue weighted by Crippen LogP contribution is -2.28. The highest BCUT2D eigenvalue weighted by Crippen LogP contribution is 2.20. The van der Waals surface area contributed by atoms with E-state index in [-0.39, 0.29) is 11.8 Å². The van der Waals surface area contributed by atoms with Gasteiger partial charge in [-0.15, -0.1) is 0 Å². The molecule has 1 unspecified atom stereocenters. The normalized spacial score (nSPS) is 13.1. The molecule has 0 fully saturated rings. The fourth-order valence-corrected chi connectivity index (χ4v) is 4.05. The Hall–Kier alpha value is -1.17. The summed E-state index contributed by atoms with van der Waals surface area (Å²) >= 11 is 3.35. The van der Waals surface area contributed by atoms with Gasteiger partial charge in [-0.3, -0.25) is 0 Å². The summed E-state index contributed by atoms with van der Waals surface area (Å²) in [6, 6.07) is 13.1. The highest BCUT2D eigenvalue weighted by molar-refractivity contribution is 9.10. The summed E-state index contributed by atoms with van der Waals surface area (Å²) in [5.74, 6) is -0.0184. The molecule has 2 aromatic rings. The topological polar surface area (TPSA) is 46.2 Å². The summed E-state index contributed by atoms with van der Waals surface area (Å²) in [5, 5.41) is 0. The van der Waals surface area contributed by atoms with Crippen molar-refractivity contribution in [2.24, 2.45) is 0 Å². The van der Waals surface area contributed by atoms with E-state index in [0.29, 0.717) is 0 Å². The Morgan fingerprint density at radius 2 is 1.73 bits per heavy atom. The van der Waals surface area contributed by atoms with Gasteiger partial charge in [0.25, 0.3) is 0 Å². The molecule has 0 amide bonds. The summed E-state index contributed by atoms with van der Waals surface area (Å²) in [6.07, 6.45) is 0. The molecule has 0 heterocycles. The molecular weight excluding hydrogens is 362 g/mol.